The molecule has 0 rings (SSSR count). The second-order valence-electron chi connectivity index (χ2n) is 16.0. The van der Waals surface area contributed by atoms with Gasteiger partial charge in [-0.05, 0) is 64.2 Å². The van der Waals surface area contributed by atoms with E-state index in [0.717, 1.165) is 44.9 Å². The molecular formula is C49H91NO4. The first-order chi connectivity index (χ1) is 26.6. The van der Waals surface area contributed by atoms with E-state index >= 15 is 0 Å². The van der Waals surface area contributed by atoms with Gasteiger partial charge in [-0.15, -0.1) is 0 Å². The first-order valence-electron chi connectivity index (χ1n) is 23.5. The van der Waals surface area contributed by atoms with Crippen molar-refractivity contribution in [3.8, 4) is 0 Å². The molecule has 0 aliphatic rings. The maximum absolute atomic E-state index is 12.5. The van der Waals surface area contributed by atoms with Crippen LogP contribution in [0.3, 0.4) is 0 Å². The first-order valence-corrected chi connectivity index (χ1v) is 23.5. The minimum Gasteiger partial charge on any atom is -0.394 e. The molecule has 5 nitrogen and oxygen atoms in total. The Hall–Kier alpha value is -1.69. The summed E-state index contributed by atoms with van der Waals surface area (Å²) in [5, 5.41) is 33.1. The molecule has 3 unspecified atom stereocenters. The van der Waals surface area contributed by atoms with Crippen LogP contribution < -0.4 is 5.32 Å². The maximum Gasteiger partial charge on any atom is 0.249 e. The number of hydrogen-bond donors (Lipinski definition) is 4. The van der Waals surface area contributed by atoms with E-state index in [1.807, 2.05) is 6.08 Å². The van der Waals surface area contributed by atoms with E-state index in [4.69, 9.17) is 0 Å². The van der Waals surface area contributed by atoms with Gasteiger partial charge in [0.1, 0.15) is 6.10 Å². The number of hydrogen-bond acceptors (Lipinski definition) is 4. The van der Waals surface area contributed by atoms with Gasteiger partial charge in [-0.1, -0.05) is 217 Å². The van der Waals surface area contributed by atoms with Crippen molar-refractivity contribution in [1.82, 2.24) is 5.32 Å². The second-order valence-corrected chi connectivity index (χ2v) is 16.0. The summed E-state index contributed by atoms with van der Waals surface area (Å²) in [5.41, 5.74) is 0. The van der Waals surface area contributed by atoms with Crippen LogP contribution in [0.25, 0.3) is 0 Å². The minimum absolute atomic E-state index is 0.378. The fraction of sp³-hybridized carbons (Fsp3) is 0.816. The highest BCUT2D eigenvalue weighted by molar-refractivity contribution is 5.80. The lowest BCUT2D eigenvalue weighted by Crippen LogP contribution is -2.48. The van der Waals surface area contributed by atoms with Gasteiger partial charge >= 0.3 is 0 Å². The van der Waals surface area contributed by atoms with Crippen molar-refractivity contribution in [2.75, 3.05) is 6.61 Å². The normalized spacial score (nSPS) is 13.9. The predicted octanol–water partition coefficient (Wildman–Crippen LogP) is 13.7. The zero-order chi connectivity index (χ0) is 39.4. The molecule has 3 atom stereocenters. The third kappa shape index (κ3) is 38.6. The van der Waals surface area contributed by atoms with Gasteiger partial charge in [-0.25, -0.2) is 0 Å². The molecule has 0 aromatic rings. The SMILES string of the molecule is CCCCCCCCCC/C=C/CC/C=C/C(O)C(CO)NC(=O)C(O)CCCCCCCCCCCC/C=C\C/C=C\CCCCCCCCCCC. The molecule has 0 radical (unpaired) electrons. The zero-order valence-electron chi connectivity index (χ0n) is 35.8. The van der Waals surface area contributed by atoms with Crippen LogP contribution in [0.5, 0.6) is 0 Å². The summed E-state index contributed by atoms with van der Waals surface area (Å²) in [6.07, 6.45) is 57.3. The van der Waals surface area contributed by atoms with E-state index in [1.54, 1.807) is 6.08 Å². The quantitative estimate of drug-likeness (QED) is 0.0369. The van der Waals surface area contributed by atoms with E-state index in [1.165, 1.54) is 167 Å². The molecule has 0 spiro atoms. The van der Waals surface area contributed by atoms with Gasteiger partial charge in [0.2, 0.25) is 5.91 Å². The number of aliphatic hydroxyl groups excluding tert-OH is 3. The highest BCUT2D eigenvalue weighted by atomic mass is 16.3. The molecule has 0 saturated carbocycles. The van der Waals surface area contributed by atoms with Crippen LogP contribution >= 0.6 is 0 Å². The van der Waals surface area contributed by atoms with Crippen molar-refractivity contribution in [3.63, 3.8) is 0 Å². The molecule has 0 aromatic heterocycles. The highest BCUT2D eigenvalue weighted by Crippen LogP contribution is 2.15. The fourth-order valence-corrected chi connectivity index (χ4v) is 6.94. The fourth-order valence-electron chi connectivity index (χ4n) is 6.94. The lowest BCUT2D eigenvalue weighted by molar-refractivity contribution is -0.131. The standard InChI is InChI=1S/C49H91NO4/c1-3-5-7-9-11-13-15-17-19-20-21-22-23-24-25-26-27-28-29-30-32-34-36-38-40-42-44-48(53)49(54)50-46(45-51)47(52)43-41-39-37-35-33-31-18-16-14-12-10-8-6-4-2/h21-22,24-25,33,35,41,43,46-48,51-53H,3-20,23,26-32,34,36-40,42,44-45H2,1-2H3,(H,50,54)/b22-21-,25-24-,35-33+,43-41+. The molecule has 0 aromatic carbocycles. The van der Waals surface area contributed by atoms with Crippen molar-refractivity contribution < 1.29 is 20.1 Å². The molecule has 4 N–H and O–H groups in total. The monoisotopic (exact) mass is 758 g/mol. The number of nitrogens with one attached hydrogen (secondary N) is 1. The average molecular weight is 758 g/mol. The highest BCUT2D eigenvalue weighted by Gasteiger charge is 2.22. The third-order valence-electron chi connectivity index (χ3n) is 10.6. The largest absolute Gasteiger partial charge is 0.394 e. The maximum atomic E-state index is 12.5. The van der Waals surface area contributed by atoms with Crippen molar-refractivity contribution in [2.24, 2.45) is 0 Å². The molecule has 0 fully saturated rings. The van der Waals surface area contributed by atoms with E-state index in [2.05, 4.69) is 55.6 Å². The summed E-state index contributed by atoms with van der Waals surface area (Å²) >= 11 is 0. The van der Waals surface area contributed by atoms with Gasteiger partial charge < -0.3 is 20.6 Å². The number of carbonyl (C=O) groups is 1. The molecule has 0 aliphatic carbocycles. The molecule has 54 heavy (non-hydrogen) atoms. The summed E-state index contributed by atoms with van der Waals surface area (Å²) in [7, 11) is 0. The molecule has 5 heteroatoms. The van der Waals surface area contributed by atoms with Crippen LogP contribution in [0, 0.1) is 0 Å². The number of carbonyl (C=O) groups excluding carboxylic acids is 1. The molecule has 0 saturated heterocycles. The summed E-state index contributed by atoms with van der Waals surface area (Å²) in [6.45, 7) is 4.16. The number of unbranched alkanes of at least 4 members (excludes halogenated alkanes) is 28. The Morgan fingerprint density at radius 3 is 1.24 bits per heavy atom. The third-order valence-corrected chi connectivity index (χ3v) is 10.6. The van der Waals surface area contributed by atoms with Gasteiger partial charge in [0.15, 0.2) is 0 Å². The van der Waals surface area contributed by atoms with E-state index in [0.29, 0.717) is 6.42 Å². The van der Waals surface area contributed by atoms with Gasteiger partial charge in [-0.3, -0.25) is 4.79 Å². The van der Waals surface area contributed by atoms with Crippen LogP contribution in [0.2, 0.25) is 0 Å². The molecule has 0 aliphatic heterocycles. The Kier molecular flexibility index (Phi) is 42.7. The van der Waals surface area contributed by atoms with Gasteiger partial charge in [0.05, 0.1) is 18.8 Å². The summed E-state index contributed by atoms with van der Waals surface area (Å²) in [6, 6.07) is -0.816. The van der Waals surface area contributed by atoms with Crippen molar-refractivity contribution in [3.05, 3.63) is 48.6 Å². The first kappa shape index (κ1) is 52.3. The second kappa shape index (κ2) is 44.0. The van der Waals surface area contributed by atoms with Crippen LogP contribution in [-0.4, -0.2) is 46.1 Å². The lowest BCUT2D eigenvalue weighted by Gasteiger charge is -2.21. The summed E-state index contributed by atoms with van der Waals surface area (Å²) in [5.74, 6) is -0.516. The molecular weight excluding hydrogens is 667 g/mol. The smallest absolute Gasteiger partial charge is 0.249 e. The Labute approximate surface area is 336 Å². The Morgan fingerprint density at radius 2 is 0.815 bits per heavy atom. The van der Waals surface area contributed by atoms with Crippen molar-refractivity contribution in [1.29, 1.82) is 0 Å². The van der Waals surface area contributed by atoms with Crippen molar-refractivity contribution >= 4 is 5.91 Å². The van der Waals surface area contributed by atoms with E-state index in [9.17, 15) is 20.1 Å². The predicted molar refractivity (Wildman–Crippen MR) is 236 cm³/mol. The summed E-state index contributed by atoms with van der Waals surface area (Å²) < 4.78 is 0. The van der Waals surface area contributed by atoms with Crippen LogP contribution in [-0.2, 0) is 4.79 Å². The van der Waals surface area contributed by atoms with Gasteiger partial charge in [0, 0.05) is 0 Å². The van der Waals surface area contributed by atoms with E-state index < -0.39 is 24.2 Å². The zero-order valence-corrected chi connectivity index (χ0v) is 35.8. The Bertz CT molecular complexity index is 881. The molecule has 0 bridgehead atoms. The average Bonchev–Trinajstić information content (AvgIpc) is 3.18. The number of rotatable bonds is 42. The van der Waals surface area contributed by atoms with Crippen molar-refractivity contribution in [2.45, 2.75) is 250 Å². The topological polar surface area (TPSA) is 89.8 Å². The minimum atomic E-state index is -1.11. The van der Waals surface area contributed by atoms with Crippen LogP contribution in [0.1, 0.15) is 232 Å². The molecule has 316 valence electrons. The number of allylic oxidation sites excluding steroid dienone is 7. The van der Waals surface area contributed by atoms with Crippen LogP contribution in [0.15, 0.2) is 48.6 Å². The van der Waals surface area contributed by atoms with Crippen LogP contribution in [0.4, 0.5) is 0 Å². The number of aliphatic hydroxyl groups is 3. The van der Waals surface area contributed by atoms with Gasteiger partial charge in [-0.2, -0.15) is 0 Å². The molecule has 0 heterocycles. The number of amides is 1. The lowest BCUT2D eigenvalue weighted by atomic mass is 10.0. The summed E-state index contributed by atoms with van der Waals surface area (Å²) in [4.78, 5) is 12.5. The molecule has 1 amide bonds. The Balaban J connectivity index is 3.66. The Morgan fingerprint density at radius 1 is 0.463 bits per heavy atom. The van der Waals surface area contributed by atoms with Gasteiger partial charge in [0.25, 0.3) is 0 Å². The van der Waals surface area contributed by atoms with E-state index in [-0.39, 0.29) is 6.61 Å².